The molecule has 1 amide bonds. The molecule has 9 heteroatoms. The molecule has 1 saturated heterocycles. The summed E-state index contributed by atoms with van der Waals surface area (Å²) in [5.41, 5.74) is 0.234. The van der Waals surface area contributed by atoms with Crippen LogP contribution in [0.4, 0.5) is 5.95 Å². The first kappa shape index (κ1) is 20.6. The molecule has 1 N–H and O–H groups in total. The highest BCUT2D eigenvalue weighted by atomic mass is 16.5. The van der Waals surface area contributed by atoms with E-state index in [0.29, 0.717) is 29.7 Å². The van der Waals surface area contributed by atoms with Crippen LogP contribution in [0.1, 0.15) is 29.1 Å². The number of rotatable bonds is 8. The third kappa shape index (κ3) is 5.30. The first-order valence-electron chi connectivity index (χ1n) is 10.2. The topological polar surface area (TPSA) is 103 Å². The Bertz CT molecular complexity index is 994. The van der Waals surface area contributed by atoms with Gasteiger partial charge in [-0.25, -0.2) is 9.97 Å². The molecule has 0 aliphatic carbocycles. The summed E-state index contributed by atoms with van der Waals surface area (Å²) in [5, 5.41) is 6.82. The zero-order chi connectivity index (χ0) is 21.5. The minimum absolute atomic E-state index is 0.148. The van der Waals surface area contributed by atoms with Gasteiger partial charge in [-0.05, 0) is 37.0 Å². The van der Waals surface area contributed by atoms with Crippen LogP contribution in [0, 0.1) is 5.92 Å². The number of carbonyl (C=O) groups excluding carboxylic acids is 1. The fourth-order valence-corrected chi connectivity index (χ4v) is 3.57. The van der Waals surface area contributed by atoms with Crippen molar-refractivity contribution in [1.29, 1.82) is 0 Å². The Morgan fingerprint density at radius 3 is 2.84 bits per heavy atom. The monoisotopic (exact) mass is 423 g/mol. The lowest BCUT2D eigenvalue weighted by molar-refractivity contribution is 0.0936. The second-order valence-corrected chi connectivity index (χ2v) is 7.33. The standard InChI is InChI=1S/C22H25N5O4/c1-29-19-7-2-3-8-20(19)30-15-17-12-18(26-31-17)21(28)25-13-16-6-4-11-27(14-16)22-23-9-5-10-24-22/h2-3,5,7-10,12,16H,4,6,11,13-15H2,1H3,(H,25,28). The molecule has 1 aliphatic heterocycles. The largest absolute Gasteiger partial charge is 0.493 e. The van der Waals surface area contributed by atoms with Crippen molar-refractivity contribution in [3.8, 4) is 11.5 Å². The van der Waals surface area contributed by atoms with E-state index in [-0.39, 0.29) is 18.2 Å². The fraction of sp³-hybridized carbons (Fsp3) is 0.364. The average molecular weight is 423 g/mol. The molecular formula is C22H25N5O4. The smallest absolute Gasteiger partial charge is 0.273 e. The SMILES string of the molecule is COc1ccccc1OCc1cc(C(=O)NCC2CCCN(c3ncccn3)C2)no1. The molecule has 1 unspecified atom stereocenters. The molecule has 1 fully saturated rings. The summed E-state index contributed by atoms with van der Waals surface area (Å²) in [6, 6.07) is 10.7. The minimum Gasteiger partial charge on any atom is -0.493 e. The van der Waals surface area contributed by atoms with Gasteiger partial charge in [0.1, 0.15) is 6.61 Å². The van der Waals surface area contributed by atoms with Crippen molar-refractivity contribution in [3.63, 3.8) is 0 Å². The predicted octanol–water partition coefficient (Wildman–Crippen LogP) is 2.70. The molecule has 1 aliphatic rings. The third-order valence-electron chi connectivity index (χ3n) is 5.14. The van der Waals surface area contributed by atoms with Gasteiger partial charge in [-0.3, -0.25) is 4.79 Å². The average Bonchev–Trinajstić information content (AvgIpc) is 3.31. The zero-order valence-corrected chi connectivity index (χ0v) is 17.4. The van der Waals surface area contributed by atoms with Gasteiger partial charge in [-0.15, -0.1) is 0 Å². The number of aromatic nitrogens is 3. The molecule has 0 spiro atoms. The molecule has 1 aromatic carbocycles. The second kappa shape index (κ2) is 9.92. The second-order valence-electron chi connectivity index (χ2n) is 7.33. The van der Waals surface area contributed by atoms with Gasteiger partial charge in [0, 0.05) is 38.1 Å². The molecule has 3 heterocycles. The van der Waals surface area contributed by atoms with Crippen molar-refractivity contribution in [2.75, 3.05) is 31.6 Å². The fourth-order valence-electron chi connectivity index (χ4n) is 3.57. The lowest BCUT2D eigenvalue weighted by Crippen LogP contribution is -2.41. The normalized spacial score (nSPS) is 16.0. The van der Waals surface area contributed by atoms with Crippen LogP contribution in [0.3, 0.4) is 0 Å². The van der Waals surface area contributed by atoms with E-state index in [0.717, 1.165) is 31.9 Å². The van der Waals surface area contributed by atoms with Crippen LogP contribution in [-0.2, 0) is 6.61 Å². The molecule has 2 aromatic heterocycles. The Kier molecular flexibility index (Phi) is 6.61. The van der Waals surface area contributed by atoms with Crippen LogP contribution >= 0.6 is 0 Å². The van der Waals surface area contributed by atoms with Gasteiger partial charge < -0.3 is 24.2 Å². The van der Waals surface area contributed by atoms with E-state index in [4.69, 9.17) is 14.0 Å². The molecule has 162 valence electrons. The first-order valence-corrected chi connectivity index (χ1v) is 10.2. The van der Waals surface area contributed by atoms with Gasteiger partial charge in [0.15, 0.2) is 23.0 Å². The number of piperidine rings is 1. The zero-order valence-electron chi connectivity index (χ0n) is 17.4. The number of amides is 1. The molecule has 0 bridgehead atoms. The number of nitrogens with zero attached hydrogens (tertiary/aromatic N) is 4. The van der Waals surface area contributed by atoms with E-state index >= 15 is 0 Å². The summed E-state index contributed by atoms with van der Waals surface area (Å²) in [7, 11) is 1.58. The Morgan fingerprint density at radius 1 is 1.23 bits per heavy atom. The van der Waals surface area contributed by atoms with E-state index < -0.39 is 0 Å². The molecule has 4 rings (SSSR count). The Hall–Kier alpha value is -3.62. The molecule has 3 aromatic rings. The molecule has 0 radical (unpaired) electrons. The van der Waals surface area contributed by atoms with Crippen LogP contribution in [0.2, 0.25) is 0 Å². The highest BCUT2D eigenvalue weighted by molar-refractivity contribution is 5.92. The maximum Gasteiger partial charge on any atom is 0.273 e. The summed E-state index contributed by atoms with van der Waals surface area (Å²) in [6.45, 7) is 2.44. The van der Waals surface area contributed by atoms with Gasteiger partial charge in [-0.2, -0.15) is 0 Å². The van der Waals surface area contributed by atoms with E-state index in [1.165, 1.54) is 0 Å². The first-order chi connectivity index (χ1) is 15.2. The van der Waals surface area contributed by atoms with Crippen molar-refractivity contribution >= 4 is 11.9 Å². The summed E-state index contributed by atoms with van der Waals surface area (Å²) in [6.07, 6.45) is 5.56. The number of para-hydroxylation sites is 2. The maximum absolute atomic E-state index is 12.5. The number of benzene rings is 1. The van der Waals surface area contributed by atoms with Crippen LogP contribution in [-0.4, -0.2) is 47.8 Å². The van der Waals surface area contributed by atoms with E-state index in [1.54, 1.807) is 37.7 Å². The number of carbonyl (C=O) groups is 1. The number of nitrogens with one attached hydrogen (secondary N) is 1. The highest BCUT2D eigenvalue weighted by Gasteiger charge is 2.23. The number of hydrogen-bond acceptors (Lipinski definition) is 8. The van der Waals surface area contributed by atoms with Crippen LogP contribution in [0.25, 0.3) is 0 Å². The predicted molar refractivity (Wildman–Crippen MR) is 113 cm³/mol. The summed E-state index contributed by atoms with van der Waals surface area (Å²) < 4.78 is 16.2. The van der Waals surface area contributed by atoms with Crippen molar-refractivity contribution < 1.29 is 18.8 Å². The molecule has 1 atom stereocenters. The Balaban J connectivity index is 1.27. The number of anilines is 1. The lowest BCUT2D eigenvalue weighted by Gasteiger charge is -2.32. The molecule has 9 nitrogen and oxygen atoms in total. The van der Waals surface area contributed by atoms with Crippen molar-refractivity contribution in [1.82, 2.24) is 20.4 Å². The van der Waals surface area contributed by atoms with Crippen LogP contribution in [0.5, 0.6) is 11.5 Å². The number of ether oxygens (including phenoxy) is 2. The highest BCUT2D eigenvalue weighted by Crippen LogP contribution is 2.26. The maximum atomic E-state index is 12.5. The summed E-state index contributed by atoms with van der Waals surface area (Å²) in [5.74, 6) is 2.47. The third-order valence-corrected chi connectivity index (χ3v) is 5.14. The summed E-state index contributed by atoms with van der Waals surface area (Å²) >= 11 is 0. The van der Waals surface area contributed by atoms with Gasteiger partial charge in [0.25, 0.3) is 5.91 Å². The van der Waals surface area contributed by atoms with Crippen LogP contribution in [0.15, 0.2) is 53.3 Å². The van der Waals surface area contributed by atoms with Gasteiger partial charge >= 0.3 is 0 Å². The van der Waals surface area contributed by atoms with Crippen molar-refractivity contribution in [2.24, 2.45) is 5.92 Å². The summed E-state index contributed by atoms with van der Waals surface area (Å²) in [4.78, 5) is 23.3. The Morgan fingerprint density at radius 2 is 2.03 bits per heavy atom. The number of methoxy groups -OCH3 is 1. The van der Waals surface area contributed by atoms with Crippen molar-refractivity contribution in [3.05, 3.63) is 60.2 Å². The van der Waals surface area contributed by atoms with Crippen LogP contribution < -0.4 is 19.7 Å². The quantitative estimate of drug-likeness (QED) is 0.590. The van der Waals surface area contributed by atoms with Gasteiger partial charge in [-0.1, -0.05) is 17.3 Å². The van der Waals surface area contributed by atoms with E-state index in [1.807, 2.05) is 18.2 Å². The van der Waals surface area contributed by atoms with Gasteiger partial charge in [0.2, 0.25) is 5.95 Å². The Labute approximate surface area is 180 Å². The van der Waals surface area contributed by atoms with Crippen molar-refractivity contribution in [2.45, 2.75) is 19.4 Å². The molecule has 0 saturated carbocycles. The minimum atomic E-state index is -0.264. The van der Waals surface area contributed by atoms with Gasteiger partial charge in [0.05, 0.1) is 7.11 Å². The molecule has 31 heavy (non-hydrogen) atoms. The molecular weight excluding hydrogens is 398 g/mol. The van der Waals surface area contributed by atoms with E-state index in [9.17, 15) is 4.79 Å². The van der Waals surface area contributed by atoms with E-state index in [2.05, 4.69) is 25.3 Å². The number of hydrogen-bond donors (Lipinski definition) is 1. The lowest BCUT2D eigenvalue weighted by atomic mass is 9.98.